The highest BCUT2D eigenvalue weighted by Crippen LogP contribution is 2.34. The van der Waals surface area contributed by atoms with Crippen molar-refractivity contribution in [2.45, 2.75) is 116 Å². The number of aliphatic hydroxyl groups excluding tert-OH is 1. The van der Waals surface area contributed by atoms with Crippen molar-refractivity contribution in [3.05, 3.63) is 0 Å². The summed E-state index contributed by atoms with van der Waals surface area (Å²) in [6, 6.07) is 0.315. The van der Waals surface area contributed by atoms with E-state index in [2.05, 4.69) is 31.9 Å². The van der Waals surface area contributed by atoms with E-state index in [0.717, 1.165) is 25.0 Å². The minimum atomic E-state index is -0.645. The van der Waals surface area contributed by atoms with Crippen LogP contribution in [0.15, 0.2) is 0 Å². The summed E-state index contributed by atoms with van der Waals surface area (Å²) >= 11 is 1.87. The molecule has 0 spiro atoms. The molecule has 0 bridgehead atoms. The molecular formula is C30H54N6O6S. The second-order valence-electron chi connectivity index (χ2n) is 12.8. The van der Waals surface area contributed by atoms with Crippen LogP contribution in [-0.4, -0.2) is 90.1 Å². The van der Waals surface area contributed by atoms with Crippen molar-refractivity contribution >= 4 is 41.4 Å². The molecule has 0 radical (unpaired) electrons. The molecule has 2 saturated heterocycles. The lowest BCUT2D eigenvalue weighted by atomic mass is 9.78. The minimum absolute atomic E-state index is 0.0452. The van der Waals surface area contributed by atoms with Crippen molar-refractivity contribution in [3.63, 3.8) is 0 Å². The van der Waals surface area contributed by atoms with Gasteiger partial charge in [-0.1, -0.05) is 40.5 Å². The van der Waals surface area contributed by atoms with Gasteiger partial charge in [0.25, 0.3) is 0 Å². The molecule has 12 nitrogen and oxygen atoms in total. The minimum Gasteiger partial charge on any atom is -0.392 e. The number of carbonyl (C=O) groups excluding carboxylic acids is 5. The van der Waals surface area contributed by atoms with E-state index in [-0.39, 0.29) is 61.3 Å². The number of aliphatic hydroxyl groups is 1. The first-order valence-electron chi connectivity index (χ1n) is 15.7. The Hall–Kier alpha value is -2.54. The van der Waals surface area contributed by atoms with Crippen molar-refractivity contribution in [2.24, 2.45) is 10.8 Å². The Kier molecular flexibility index (Phi) is 15.1. The Bertz CT molecular complexity index is 963. The zero-order valence-corrected chi connectivity index (χ0v) is 27.4. The van der Waals surface area contributed by atoms with Crippen LogP contribution >= 0.6 is 11.8 Å². The summed E-state index contributed by atoms with van der Waals surface area (Å²) in [5.41, 5.74) is -1.21. The number of hydrogen-bond donors (Lipinski definition) is 7. The van der Waals surface area contributed by atoms with Gasteiger partial charge in [0, 0.05) is 60.9 Å². The van der Waals surface area contributed by atoms with Crippen LogP contribution in [0.25, 0.3) is 0 Å². The lowest BCUT2D eigenvalue weighted by Crippen LogP contribution is -2.42. The maximum atomic E-state index is 12.7. The van der Waals surface area contributed by atoms with Gasteiger partial charge >= 0.3 is 6.03 Å². The second kappa shape index (κ2) is 17.7. The molecule has 13 heteroatoms. The lowest BCUT2D eigenvalue weighted by Gasteiger charge is -2.29. The van der Waals surface area contributed by atoms with Gasteiger partial charge < -0.3 is 37.0 Å². The third-order valence-corrected chi connectivity index (χ3v) is 10.0. The molecule has 2 rings (SSSR count). The second-order valence-corrected chi connectivity index (χ2v) is 14.1. The molecule has 0 aromatic rings. The van der Waals surface area contributed by atoms with E-state index in [9.17, 15) is 29.1 Å². The van der Waals surface area contributed by atoms with E-state index in [1.807, 2.05) is 39.5 Å². The molecule has 2 aliphatic rings. The van der Waals surface area contributed by atoms with Crippen LogP contribution < -0.4 is 31.9 Å². The number of carbonyl (C=O) groups is 5. The first kappa shape index (κ1) is 36.7. The van der Waals surface area contributed by atoms with Crippen LogP contribution in [0, 0.1) is 10.8 Å². The van der Waals surface area contributed by atoms with Crippen LogP contribution in [0.2, 0.25) is 0 Å². The predicted octanol–water partition coefficient (Wildman–Crippen LogP) is 1.56. The van der Waals surface area contributed by atoms with Crippen LogP contribution in [-0.2, 0) is 19.2 Å². The van der Waals surface area contributed by atoms with Gasteiger partial charge in [0.15, 0.2) is 0 Å². The van der Waals surface area contributed by atoms with E-state index < -0.39 is 16.9 Å². The maximum absolute atomic E-state index is 12.7. The summed E-state index contributed by atoms with van der Waals surface area (Å²) in [6.45, 7) is 10.3. The summed E-state index contributed by atoms with van der Waals surface area (Å²) in [6.07, 6.45) is 5.21. The monoisotopic (exact) mass is 626 g/mol. The Morgan fingerprint density at radius 1 is 0.907 bits per heavy atom. The largest absolute Gasteiger partial charge is 0.392 e. The Morgan fingerprint density at radius 2 is 1.58 bits per heavy atom. The van der Waals surface area contributed by atoms with Gasteiger partial charge in [-0.05, 0) is 39.0 Å². The smallest absolute Gasteiger partial charge is 0.315 e. The predicted molar refractivity (Wildman–Crippen MR) is 168 cm³/mol. The van der Waals surface area contributed by atoms with Gasteiger partial charge in [0.2, 0.25) is 23.6 Å². The van der Waals surface area contributed by atoms with E-state index in [0.29, 0.717) is 50.4 Å². The molecule has 0 saturated carbocycles. The van der Waals surface area contributed by atoms with Crippen LogP contribution in [0.1, 0.15) is 92.4 Å². The van der Waals surface area contributed by atoms with Crippen molar-refractivity contribution in [1.82, 2.24) is 31.9 Å². The van der Waals surface area contributed by atoms with Gasteiger partial charge in [-0.25, -0.2) is 4.79 Å². The fraction of sp³-hybridized carbons (Fsp3) is 0.833. The summed E-state index contributed by atoms with van der Waals surface area (Å²) in [5.74, 6) is 0.460. The molecule has 2 fully saturated rings. The van der Waals surface area contributed by atoms with Crippen molar-refractivity contribution in [2.75, 3.05) is 31.9 Å². The number of nitrogens with one attached hydrogen (secondary N) is 6. The van der Waals surface area contributed by atoms with Crippen LogP contribution in [0.3, 0.4) is 0 Å². The van der Waals surface area contributed by atoms with E-state index in [1.165, 1.54) is 0 Å². The number of thioether (sulfide) groups is 1. The topological polar surface area (TPSA) is 178 Å². The zero-order valence-electron chi connectivity index (χ0n) is 26.6. The SMILES string of the molecule is CCC(C)(CCCC(C)(C)C(=O)NCCC(=O)NCCNC(=O)CCCC[C@@H]1SC[C@@H]2NC(=O)N[C@@H]21)C(=O)NCC(C)O. The van der Waals surface area contributed by atoms with Crippen molar-refractivity contribution in [3.8, 4) is 0 Å². The standard InChI is InChI=1S/C30H54N6O6S/c1-6-30(5,27(41)34-18-20(2)37)14-9-13-29(3,4)26(40)33-15-12-24(39)32-17-16-31-23(38)11-8-7-10-22-25-21(19-43-22)35-28(42)36-25/h20-22,25,37H,6-19H2,1-5H3,(H,31,38)(H,32,39)(H,33,40)(H,34,41)(H2,35,36,42)/t20?,21-,22-,25-,30?/m0/s1. The highest BCUT2D eigenvalue weighted by molar-refractivity contribution is 8.00. The molecule has 2 aliphatic heterocycles. The highest BCUT2D eigenvalue weighted by Gasteiger charge is 2.42. The zero-order chi connectivity index (χ0) is 32.0. The van der Waals surface area contributed by atoms with Crippen LogP contribution in [0.4, 0.5) is 4.79 Å². The molecule has 43 heavy (non-hydrogen) atoms. The van der Waals surface area contributed by atoms with Gasteiger partial charge in [-0.3, -0.25) is 19.2 Å². The molecule has 246 valence electrons. The third-order valence-electron chi connectivity index (χ3n) is 8.52. The molecule has 0 aliphatic carbocycles. The first-order chi connectivity index (χ1) is 20.3. The summed E-state index contributed by atoms with van der Waals surface area (Å²) < 4.78 is 0. The number of fused-ring (bicyclic) bond motifs is 1. The van der Waals surface area contributed by atoms with Crippen molar-refractivity contribution < 1.29 is 29.1 Å². The summed E-state index contributed by atoms with van der Waals surface area (Å²) in [4.78, 5) is 61.1. The number of hydrogen-bond acceptors (Lipinski definition) is 7. The first-order valence-corrected chi connectivity index (χ1v) is 16.8. The molecule has 5 atom stereocenters. The van der Waals surface area contributed by atoms with Gasteiger partial charge in [0.1, 0.15) is 0 Å². The van der Waals surface area contributed by atoms with E-state index in [1.54, 1.807) is 6.92 Å². The quantitative estimate of drug-likeness (QED) is 0.0792. The molecule has 0 aromatic carbocycles. The number of unbranched alkanes of at least 4 members (excludes halogenated alkanes) is 1. The van der Waals surface area contributed by atoms with E-state index in [4.69, 9.17) is 0 Å². The normalized spacial score (nSPS) is 21.5. The molecule has 2 unspecified atom stereocenters. The van der Waals surface area contributed by atoms with Crippen molar-refractivity contribution in [1.29, 1.82) is 0 Å². The average Bonchev–Trinajstić information content (AvgIpc) is 3.50. The fourth-order valence-corrected chi connectivity index (χ4v) is 6.87. The molecule has 0 aromatic heterocycles. The third kappa shape index (κ3) is 12.5. The fourth-order valence-electron chi connectivity index (χ4n) is 5.32. The number of rotatable bonds is 20. The highest BCUT2D eigenvalue weighted by atomic mass is 32.2. The number of amides is 6. The number of urea groups is 1. The Balaban J connectivity index is 1.52. The molecular weight excluding hydrogens is 572 g/mol. The van der Waals surface area contributed by atoms with Gasteiger partial charge in [-0.2, -0.15) is 11.8 Å². The lowest BCUT2D eigenvalue weighted by molar-refractivity contribution is -0.131. The molecule has 2 heterocycles. The van der Waals surface area contributed by atoms with Gasteiger partial charge in [0.05, 0.1) is 18.2 Å². The van der Waals surface area contributed by atoms with E-state index >= 15 is 0 Å². The Morgan fingerprint density at radius 3 is 2.23 bits per heavy atom. The maximum Gasteiger partial charge on any atom is 0.315 e. The van der Waals surface area contributed by atoms with Crippen LogP contribution in [0.5, 0.6) is 0 Å². The summed E-state index contributed by atoms with van der Waals surface area (Å²) in [7, 11) is 0. The molecule has 7 N–H and O–H groups in total. The van der Waals surface area contributed by atoms with Gasteiger partial charge in [-0.15, -0.1) is 0 Å². The molecule has 6 amide bonds. The Labute approximate surface area is 260 Å². The summed E-state index contributed by atoms with van der Waals surface area (Å²) in [5, 5.41) is 27.0. The average molecular weight is 627 g/mol.